The molecule has 1 N–H and O–H groups in total. The molecule has 0 aromatic carbocycles. The van der Waals surface area contributed by atoms with Gasteiger partial charge in [-0.25, -0.2) is 9.59 Å². The van der Waals surface area contributed by atoms with Crippen LogP contribution in [0.2, 0.25) is 0 Å². The number of carboxylic acids is 1. The van der Waals surface area contributed by atoms with Crippen molar-refractivity contribution in [1.29, 1.82) is 0 Å². The van der Waals surface area contributed by atoms with E-state index in [-0.39, 0.29) is 12.1 Å². The zero-order chi connectivity index (χ0) is 15.5. The molecule has 1 rings (SSSR count). The van der Waals surface area contributed by atoms with Crippen LogP contribution >= 0.6 is 11.3 Å². The molecule has 6 heteroatoms. The predicted molar refractivity (Wildman–Crippen MR) is 79.9 cm³/mol. The Labute approximate surface area is 123 Å². The van der Waals surface area contributed by atoms with Gasteiger partial charge in [0.05, 0.1) is 6.54 Å². The molecular formula is C14H22N2O3S. The molecule has 0 bridgehead atoms. The van der Waals surface area contributed by atoms with Gasteiger partial charge in [0.15, 0.2) is 0 Å². The van der Waals surface area contributed by atoms with E-state index in [1.54, 1.807) is 16.2 Å². The lowest BCUT2D eigenvalue weighted by atomic mass is 10.0. The van der Waals surface area contributed by atoms with Crippen molar-refractivity contribution in [2.24, 2.45) is 0 Å². The van der Waals surface area contributed by atoms with Crippen molar-refractivity contribution in [3.05, 3.63) is 22.4 Å². The molecule has 0 aliphatic carbocycles. The Bertz CT molecular complexity index is 469. The lowest BCUT2D eigenvalue weighted by Gasteiger charge is -2.37. The predicted octanol–water partition coefficient (Wildman–Crippen LogP) is 2.87. The van der Waals surface area contributed by atoms with Crippen LogP contribution in [-0.4, -0.2) is 45.5 Å². The van der Waals surface area contributed by atoms with Gasteiger partial charge in [-0.2, -0.15) is 0 Å². The lowest BCUT2D eigenvalue weighted by Crippen LogP contribution is -2.56. The maximum absolute atomic E-state index is 12.6. The lowest BCUT2D eigenvalue weighted by molar-refractivity contribution is -0.147. The highest BCUT2D eigenvalue weighted by Gasteiger charge is 2.37. The molecule has 0 unspecified atom stereocenters. The topological polar surface area (TPSA) is 60.9 Å². The molecule has 0 saturated carbocycles. The first kappa shape index (κ1) is 16.5. The third-order valence-corrected chi connectivity index (χ3v) is 4.29. The molecule has 1 heterocycles. The number of hydrogen-bond acceptors (Lipinski definition) is 3. The number of carbonyl (C=O) groups excluding carboxylic acids is 1. The number of thiophene rings is 1. The summed E-state index contributed by atoms with van der Waals surface area (Å²) in [6, 6.07) is 3.63. The summed E-state index contributed by atoms with van der Waals surface area (Å²) in [5, 5.41) is 11.2. The third-order valence-electron chi connectivity index (χ3n) is 3.42. The van der Waals surface area contributed by atoms with E-state index in [1.165, 1.54) is 25.8 Å². The standard InChI is InChI=1S/C14H22N2O3S/c1-10(2)16(9-11-7-6-8-20-11)13(19)15(5)14(3,4)12(17)18/h6-8,10H,9H2,1-5H3,(H,17,18). The minimum Gasteiger partial charge on any atom is -0.480 e. The van der Waals surface area contributed by atoms with Gasteiger partial charge in [0.25, 0.3) is 0 Å². The molecule has 0 atom stereocenters. The number of likely N-dealkylation sites (N-methyl/N-ethyl adjacent to an activating group) is 1. The first-order chi connectivity index (χ1) is 9.17. The quantitative estimate of drug-likeness (QED) is 0.909. The highest BCUT2D eigenvalue weighted by atomic mass is 32.1. The number of hydrogen-bond donors (Lipinski definition) is 1. The van der Waals surface area contributed by atoms with Crippen LogP contribution in [0.4, 0.5) is 4.79 Å². The average molecular weight is 298 g/mol. The molecule has 20 heavy (non-hydrogen) atoms. The zero-order valence-electron chi connectivity index (χ0n) is 12.6. The van der Waals surface area contributed by atoms with Crippen molar-refractivity contribution in [3.8, 4) is 0 Å². The number of carbonyl (C=O) groups is 2. The van der Waals surface area contributed by atoms with E-state index in [2.05, 4.69) is 0 Å². The second-order valence-corrected chi connectivity index (χ2v) is 6.54. The van der Waals surface area contributed by atoms with E-state index in [1.807, 2.05) is 31.4 Å². The molecule has 0 spiro atoms. The minimum absolute atomic E-state index is 0.00311. The van der Waals surface area contributed by atoms with Crippen LogP contribution in [0.15, 0.2) is 17.5 Å². The maximum atomic E-state index is 12.6. The molecule has 0 radical (unpaired) electrons. The summed E-state index contributed by atoms with van der Waals surface area (Å²) in [6.07, 6.45) is 0. The monoisotopic (exact) mass is 298 g/mol. The summed E-state index contributed by atoms with van der Waals surface area (Å²) in [4.78, 5) is 27.9. The van der Waals surface area contributed by atoms with Gasteiger partial charge >= 0.3 is 12.0 Å². The van der Waals surface area contributed by atoms with Gasteiger partial charge in [0.2, 0.25) is 0 Å². The Morgan fingerprint density at radius 1 is 1.40 bits per heavy atom. The largest absolute Gasteiger partial charge is 0.480 e. The van der Waals surface area contributed by atoms with Crippen molar-refractivity contribution < 1.29 is 14.7 Å². The molecular weight excluding hydrogens is 276 g/mol. The summed E-state index contributed by atoms with van der Waals surface area (Å²) in [5.74, 6) is -1.02. The highest BCUT2D eigenvalue weighted by molar-refractivity contribution is 7.09. The average Bonchev–Trinajstić information content (AvgIpc) is 2.86. The summed E-state index contributed by atoms with van der Waals surface area (Å²) in [6.45, 7) is 7.39. The SMILES string of the molecule is CC(C)N(Cc1cccs1)C(=O)N(C)C(C)(C)C(=O)O. The number of aliphatic carboxylic acids is 1. The van der Waals surface area contributed by atoms with Crippen molar-refractivity contribution in [1.82, 2.24) is 9.80 Å². The number of carboxylic acid groups (broad SMARTS) is 1. The summed E-state index contributed by atoms with van der Waals surface area (Å²) >= 11 is 1.58. The van der Waals surface area contributed by atoms with Crippen LogP contribution in [0.3, 0.4) is 0 Å². The first-order valence-corrected chi connectivity index (χ1v) is 7.36. The van der Waals surface area contributed by atoms with Gasteiger partial charge in [-0.05, 0) is 39.1 Å². The van der Waals surface area contributed by atoms with Crippen LogP contribution in [0.25, 0.3) is 0 Å². The highest BCUT2D eigenvalue weighted by Crippen LogP contribution is 2.19. The molecule has 5 nitrogen and oxygen atoms in total. The number of urea groups is 1. The number of rotatable bonds is 5. The van der Waals surface area contributed by atoms with Gasteiger partial charge in [-0.3, -0.25) is 0 Å². The van der Waals surface area contributed by atoms with E-state index in [4.69, 9.17) is 0 Å². The van der Waals surface area contributed by atoms with Crippen molar-refractivity contribution in [2.45, 2.75) is 45.8 Å². The van der Waals surface area contributed by atoms with E-state index in [0.29, 0.717) is 6.54 Å². The Balaban J connectivity index is 2.92. The molecule has 1 aromatic heterocycles. The minimum atomic E-state index is -1.24. The normalized spacial score (nSPS) is 11.5. The Morgan fingerprint density at radius 2 is 2.00 bits per heavy atom. The van der Waals surface area contributed by atoms with Crippen molar-refractivity contribution >= 4 is 23.3 Å². The molecule has 112 valence electrons. The fourth-order valence-electron chi connectivity index (χ4n) is 1.62. The second-order valence-electron chi connectivity index (χ2n) is 5.51. The smallest absolute Gasteiger partial charge is 0.329 e. The van der Waals surface area contributed by atoms with E-state index < -0.39 is 11.5 Å². The molecule has 0 saturated heterocycles. The molecule has 0 aliphatic rings. The van der Waals surface area contributed by atoms with E-state index in [9.17, 15) is 14.7 Å². The van der Waals surface area contributed by atoms with Gasteiger partial charge in [0, 0.05) is 18.0 Å². The van der Waals surface area contributed by atoms with Crippen LogP contribution in [0, 0.1) is 0 Å². The maximum Gasteiger partial charge on any atom is 0.329 e. The number of amides is 2. The summed E-state index contributed by atoms with van der Waals surface area (Å²) in [5.41, 5.74) is -1.24. The Hall–Kier alpha value is -1.56. The van der Waals surface area contributed by atoms with Gasteiger partial charge < -0.3 is 14.9 Å². The second kappa shape index (κ2) is 6.26. The van der Waals surface area contributed by atoms with Gasteiger partial charge in [-0.1, -0.05) is 6.07 Å². The molecule has 2 amide bonds. The van der Waals surface area contributed by atoms with Crippen LogP contribution in [0.1, 0.15) is 32.6 Å². The Morgan fingerprint density at radius 3 is 2.40 bits per heavy atom. The van der Waals surface area contributed by atoms with Gasteiger partial charge in [-0.15, -0.1) is 11.3 Å². The summed E-state index contributed by atoms with van der Waals surface area (Å²) < 4.78 is 0. The summed E-state index contributed by atoms with van der Waals surface area (Å²) in [7, 11) is 1.53. The fraction of sp³-hybridized carbons (Fsp3) is 0.571. The van der Waals surface area contributed by atoms with Crippen molar-refractivity contribution in [3.63, 3.8) is 0 Å². The zero-order valence-corrected chi connectivity index (χ0v) is 13.4. The van der Waals surface area contributed by atoms with Crippen LogP contribution in [-0.2, 0) is 11.3 Å². The van der Waals surface area contributed by atoms with Crippen LogP contribution < -0.4 is 0 Å². The molecule has 0 aliphatic heterocycles. The third kappa shape index (κ3) is 3.50. The van der Waals surface area contributed by atoms with E-state index >= 15 is 0 Å². The van der Waals surface area contributed by atoms with E-state index in [0.717, 1.165) is 4.88 Å². The first-order valence-electron chi connectivity index (χ1n) is 6.48. The molecule has 0 fully saturated rings. The van der Waals surface area contributed by atoms with Crippen molar-refractivity contribution in [2.75, 3.05) is 7.05 Å². The van der Waals surface area contributed by atoms with Crippen LogP contribution in [0.5, 0.6) is 0 Å². The fourth-order valence-corrected chi connectivity index (χ4v) is 2.32. The number of nitrogens with zero attached hydrogens (tertiary/aromatic N) is 2. The molecule has 1 aromatic rings. The van der Waals surface area contributed by atoms with Gasteiger partial charge in [0.1, 0.15) is 5.54 Å². The Kier molecular flexibility index (Phi) is 5.16.